The predicted octanol–water partition coefficient (Wildman–Crippen LogP) is 1.98. The lowest BCUT2D eigenvalue weighted by molar-refractivity contribution is 0.312. The molecule has 0 atom stereocenters. The van der Waals surface area contributed by atoms with E-state index < -0.39 is 0 Å². The van der Waals surface area contributed by atoms with E-state index in [1.807, 2.05) is 6.07 Å². The molecule has 0 radical (unpaired) electrons. The first-order chi connectivity index (χ1) is 10.8. The summed E-state index contributed by atoms with van der Waals surface area (Å²) in [6.07, 6.45) is 3.42. The summed E-state index contributed by atoms with van der Waals surface area (Å²) in [5.41, 5.74) is 2.05. The van der Waals surface area contributed by atoms with Gasteiger partial charge in [0.2, 0.25) is 5.95 Å². The average Bonchev–Trinajstić information content (AvgIpc) is 2.57. The number of nitrogens with zero attached hydrogens (tertiary/aromatic N) is 4. The smallest absolute Gasteiger partial charge is 0.227 e. The highest BCUT2D eigenvalue weighted by Crippen LogP contribution is 2.31. The third kappa shape index (κ3) is 3.28. The molecule has 1 aromatic heterocycles. The quantitative estimate of drug-likeness (QED) is 0.931. The highest BCUT2D eigenvalue weighted by atomic mass is 16.5. The number of methoxy groups -OCH3 is 1. The molecule has 1 N–H and O–H groups in total. The summed E-state index contributed by atoms with van der Waals surface area (Å²) in [6.45, 7) is 4.24. The largest absolute Gasteiger partial charge is 0.494 e. The molecule has 3 rings (SSSR count). The SMILES string of the molecule is COc1cc(N2CCN(C)CC2)ccc1Nc1ncccn1. The number of hydrogen-bond acceptors (Lipinski definition) is 6. The van der Waals surface area contributed by atoms with Gasteiger partial charge in [0, 0.05) is 50.3 Å². The molecule has 0 aliphatic carbocycles. The van der Waals surface area contributed by atoms with Crippen LogP contribution in [0.3, 0.4) is 0 Å². The Labute approximate surface area is 130 Å². The van der Waals surface area contributed by atoms with Gasteiger partial charge in [-0.2, -0.15) is 0 Å². The van der Waals surface area contributed by atoms with Gasteiger partial charge in [-0.15, -0.1) is 0 Å². The van der Waals surface area contributed by atoms with Crippen LogP contribution in [0, 0.1) is 0 Å². The second kappa shape index (κ2) is 6.62. The zero-order valence-corrected chi connectivity index (χ0v) is 13.0. The molecular formula is C16H21N5O. The summed E-state index contributed by atoms with van der Waals surface area (Å²) in [4.78, 5) is 13.1. The zero-order valence-electron chi connectivity index (χ0n) is 13.0. The lowest BCUT2D eigenvalue weighted by Gasteiger charge is -2.34. The van der Waals surface area contributed by atoms with Gasteiger partial charge in [-0.25, -0.2) is 9.97 Å². The number of rotatable bonds is 4. The molecule has 0 unspecified atom stereocenters. The Kier molecular flexibility index (Phi) is 4.39. The number of aromatic nitrogens is 2. The van der Waals surface area contributed by atoms with Crippen LogP contribution in [-0.2, 0) is 0 Å². The van der Waals surface area contributed by atoms with Crippen molar-refractivity contribution in [3.8, 4) is 5.75 Å². The van der Waals surface area contributed by atoms with Crippen LogP contribution >= 0.6 is 0 Å². The van der Waals surface area contributed by atoms with Crippen molar-refractivity contribution in [1.82, 2.24) is 14.9 Å². The molecule has 2 aromatic rings. The molecule has 1 aromatic carbocycles. The van der Waals surface area contributed by atoms with Crippen LogP contribution in [0.2, 0.25) is 0 Å². The monoisotopic (exact) mass is 299 g/mol. The Hall–Kier alpha value is -2.34. The van der Waals surface area contributed by atoms with Gasteiger partial charge < -0.3 is 19.9 Å². The van der Waals surface area contributed by atoms with E-state index in [4.69, 9.17) is 4.74 Å². The minimum Gasteiger partial charge on any atom is -0.494 e. The predicted molar refractivity (Wildman–Crippen MR) is 88.0 cm³/mol. The maximum atomic E-state index is 5.52. The number of benzene rings is 1. The third-order valence-electron chi connectivity index (χ3n) is 3.87. The number of nitrogens with one attached hydrogen (secondary N) is 1. The van der Waals surface area contributed by atoms with Crippen LogP contribution in [0.5, 0.6) is 5.75 Å². The summed E-state index contributed by atoms with van der Waals surface area (Å²) in [5.74, 6) is 1.36. The molecule has 0 amide bonds. The Bertz CT molecular complexity index is 611. The third-order valence-corrected chi connectivity index (χ3v) is 3.87. The molecule has 0 saturated carbocycles. The van der Waals surface area contributed by atoms with E-state index in [0.29, 0.717) is 5.95 Å². The van der Waals surface area contributed by atoms with Crippen LogP contribution in [0.15, 0.2) is 36.7 Å². The second-order valence-corrected chi connectivity index (χ2v) is 5.37. The average molecular weight is 299 g/mol. The van der Waals surface area contributed by atoms with E-state index in [-0.39, 0.29) is 0 Å². The van der Waals surface area contributed by atoms with Gasteiger partial charge in [-0.1, -0.05) is 0 Å². The molecule has 1 aliphatic heterocycles. The van der Waals surface area contributed by atoms with Crippen LogP contribution < -0.4 is 15.0 Å². The van der Waals surface area contributed by atoms with Gasteiger partial charge in [-0.05, 0) is 25.2 Å². The van der Waals surface area contributed by atoms with Crippen molar-refractivity contribution in [2.24, 2.45) is 0 Å². The summed E-state index contributed by atoms with van der Waals surface area (Å²) in [7, 11) is 3.84. The first-order valence-electron chi connectivity index (χ1n) is 7.42. The number of anilines is 3. The van der Waals surface area contributed by atoms with Crippen molar-refractivity contribution in [3.05, 3.63) is 36.7 Å². The number of piperazine rings is 1. The minimum atomic E-state index is 0.563. The van der Waals surface area contributed by atoms with E-state index >= 15 is 0 Å². The number of hydrogen-bond donors (Lipinski definition) is 1. The van der Waals surface area contributed by atoms with Crippen LogP contribution in [0.1, 0.15) is 0 Å². The standard InChI is InChI=1S/C16H21N5O/c1-20-8-10-21(11-9-20)13-4-5-14(15(12-13)22-2)19-16-17-6-3-7-18-16/h3-7,12H,8-11H2,1-2H3,(H,17,18,19). The van der Waals surface area contributed by atoms with Crippen molar-refractivity contribution in [2.75, 3.05) is 50.6 Å². The first-order valence-corrected chi connectivity index (χ1v) is 7.42. The van der Waals surface area contributed by atoms with Crippen LogP contribution in [-0.4, -0.2) is 55.2 Å². The van der Waals surface area contributed by atoms with Crippen molar-refractivity contribution in [1.29, 1.82) is 0 Å². The van der Waals surface area contributed by atoms with Crippen molar-refractivity contribution in [2.45, 2.75) is 0 Å². The van der Waals surface area contributed by atoms with Gasteiger partial charge in [0.25, 0.3) is 0 Å². The lowest BCUT2D eigenvalue weighted by Crippen LogP contribution is -2.44. The van der Waals surface area contributed by atoms with Crippen LogP contribution in [0.4, 0.5) is 17.3 Å². The van der Waals surface area contributed by atoms with E-state index in [1.54, 1.807) is 25.6 Å². The molecule has 116 valence electrons. The molecule has 1 saturated heterocycles. The maximum absolute atomic E-state index is 5.52. The van der Waals surface area contributed by atoms with Gasteiger partial charge in [0.15, 0.2) is 0 Å². The van der Waals surface area contributed by atoms with Crippen molar-refractivity contribution < 1.29 is 4.74 Å². The van der Waals surface area contributed by atoms with E-state index in [1.165, 1.54) is 5.69 Å². The molecule has 1 fully saturated rings. The molecular weight excluding hydrogens is 278 g/mol. The fourth-order valence-electron chi connectivity index (χ4n) is 2.53. The first kappa shape index (κ1) is 14.6. The minimum absolute atomic E-state index is 0.563. The lowest BCUT2D eigenvalue weighted by atomic mass is 10.2. The zero-order chi connectivity index (χ0) is 15.4. The summed E-state index contributed by atoms with van der Waals surface area (Å²) in [6, 6.07) is 7.98. The number of ether oxygens (including phenoxy) is 1. The van der Waals surface area contributed by atoms with E-state index in [0.717, 1.165) is 37.6 Å². The fraction of sp³-hybridized carbons (Fsp3) is 0.375. The summed E-state index contributed by atoms with van der Waals surface area (Å²) in [5, 5.41) is 3.19. The summed E-state index contributed by atoms with van der Waals surface area (Å²) >= 11 is 0. The second-order valence-electron chi connectivity index (χ2n) is 5.37. The Morgan fingerprint density at radius 2 is 1.82 bits per heavy atom. The Morgan fingerprint density at radius 3 is 2.50 bits per heavy atom. The molecule has 0 bridgehead atoms. The van der Waals surface area contributed by atoms with Gasteiger partial charge in [0.05, 0.1) is 12.8 Å². The van der Waals surface area contributed by atoms with Crippen LogP contribution in [0.25, 0.3) is 0 Å². The topological polar surface area (TPSA) is 53.5 Å². The molecule has 22 heavy (non-hydrogen) atoms. The molecule has 1 aliphatic rings. The molecule has 2 heterocycles. The van der Waals surface area contributed by atoms with Crippen molar-refractivity contribution >= 4 is 17.3 Å². The molecule has 6 heteroatoms. The molecule has 0 spiro atoms. The highest BCUT2D eigenvalue weighted by Gasteiger charge is 2.16. The Morgan fingerprint density at radius 1 is 1.09 bits per heavy atom. The van der Waals surface area contributed by atoms with Gasteiger partial charge in [0.1, 0.15) is 5.75 Å². The van der Waals surface area contributed by atoms with Gasteiger partial charge in [-0.3, -0.25) is 0 Å². The fourth-order valence-corrected chi connectivity index (χ4v) is 2.53. The highest BCUT2D eigenvalue weighted by molar-refractivity contribution is 5.68. The van der Waals surface area contributed by atoms with E-state index in [2.05, 4.69) is 44.3 Å². The Balaban J connectivity index is 1.78. The maximum Gasteiger partial charge on any atom is 0.227 e. The van der Waals surface area contributed by atoms with Gasteiger partial charge >= 0.3 is 0 Å². The summed E-state index contributed by atoms with van der Waals surface area (Å²) < 4.78 is 5.52. The molecule has 6 nitrogen and oxygen atoms in total. The van der Waals surface area contributed by atoms with Crippen molar-refractivity contribution in [3.63, 3.8) is 0 Å². The normalized spacial score (nSPS) is 15.6. The number of likely N-dealkylation sites (N-methyl/N-ethyl adjacent to an activating group) is 1. The van der Waals surface area contributed by atoms with E-state index in [9.17, 15) is 0 Å².